The molecule has 0 radical (unpaired) electrons. The van der Waals surface area contributed by atoms with Crippen LogP contribution in [0.15, 0.2) is 4.52 Å². The summed E-state index contributed by atoms with van der Waals surface area (Å²) in [7, 11) is 0. The van der Waals surface area contributed by atoms with Crippen LogP contribution in [0.5, 0.6) is 0 Å². The molecule has 6 heteroatoms. The maximum Gasteiger partial charge on any atom is 0.223 e. The number of nitrogens with one attached hydrogen (secondary N) is 1. The molecule has 1 heterocycles. The van der Waals surface area contributed by atoms with Crippen molar-refractivity contribution in [1.82, 2.24) is 15.5 Å². The average Bonchev–Trinajstić information content (AvgIpc) is 2.79. The zero-order valence-electron chi connectivity index (χ0n) is 12.1. The van der Waals surface area contributed by atoms with E-state index in [4.69, 9.17) is 9.26 Å². The van der Waals surface area contributed by atoms with Crippen molar-refractivity contribution in [3.8, 4) is 0 Å². The maximum absolute atomic E-state index is 9.76. The topological polar surface area (TPSA) is 80.4 Å². The first-order chi connectivity index (χ1) is 8.95. The Morgan fingerprint density at radius 1 is 1.53 bits per heavy atom. The van der Waals surface area contributed by atoms with E-state index in [9.17, 15) is 5.11 Å². The first-order valence-corrected chi connectivity index (χ1v) is 6.72. The number of aliphatic hydroxyl groups excluding tert-OH is 1. The van der Waals surface area contributed by atoms with E-state index < -0.39 is 0 Å². The summed E-state index contributed by atoms with van der Waals surface area (Å²) in [5.41, 5.74) is -0.474. The van der Waals surface area contributed by atoms with Gasteiger partial charge in [-0.3, -0.25) is 0 Å². The lowest BCUT2D eigenvalue weighted by atomic mass is 9.54. The van der Waals surface area contributed by atoms with E-state index in [2.05, 4.69) is 29.3 Å². The lowest BCUT2D eigenvalue weighted by molar-refractivity contribution is -0.178. The van der Waals surface area contributed by atoms with Gasteiger partial charge in [0, 0.05) is 18.9 Å². The molecule has 1 aromatic rings. The summed E-state index contributed by atoms with van der Waals surface area (Å²) in [5.74, 6) is 1.16. The Bertz CT molecular complexity index is 433. The van der Waals surface area contributed by atoms with Crippen molar-refractivity contribution in [3.05, 3.63) is 11.7 Å². The molecule has 0 unspecified atom stereocenters. The number of aliphatic hydroxyl groups is 1. The fourth-order valence-corrected chi connectivity index (χ4v) is 2.77. The van der Waals surface area contributed by atoms with Crippen LogP contribution in [0, 0.1) is 12.3 Å². The van der Waals surface area contributed by atoms with Gasteiger partial charge in [-0.05, 0) is 13.3 Å². The summed E-state index contributed by atoms with van der Waals surface area (Å²) in [6.45, 7) is 9.23. The van der Waals surface area contributed by atoms with Gasteiger partial charge in [-0.2, -0.15) is 4.98 Å². The fraction of sp³-hybridized carbons (Fsp3) is 0.846. The molecular weight excluding hydrogens is 246 g/mol. The zero-order valence-corrected chi connectivity index (χ0v) is 12.1. The van der Waals surface area contributed by atoms with Crippen LogP contribution < -0.4 is 5.32 Å². The van der Waals surface area contributed by atoms with Crippen LogP contribution in [0.25, 0.3) is 0 Å². The van der Waals surface area contributed by atoms with Crippen molar-refractivity contribution in [1.29, 1.82) is 0 Å². The zero-order chi connectivity index (χ0) is 14.1. The van der Waals surface area contributed by atoms with Crippen molar-refractivity contribution in [2.24, 2.45) is 5.41 Å². The van der Waals surface area contributed by atoms with E-state index in [-0.39, 0.29) is 23.7 Å². The van der Waals surface area contributed by atoms with Gasteiger partial charge in [-0.1, -0.05) is 19.0 Å². The number of aryl methyl sites for hydroxylation is 1. The number of hydrogen-bond donors (Lipinski definition) is 2. The van der Waals surface area contributed by atoms with Crippen LogP contribution in [0.3, 0.4) is 0 Å². The van der Waals surface area contributed by atoms with Crippen molar-refractivity contribution in [2.45, 2.75) is 52.3 Å². The second-order valence-electron chi connectivity index (χ2n) is 5.69. The van der Waals surface area contributed by atoms with Gasteiger partial charge in [0.25, 0.3) is 0 Å². The Morgan fingerprint density at radius 2 is 2.26 bits per heavy atom. The Morgan fingerprint density at radius 3 is 2.74 bits per heavy atom. The third-order valence-electron chi connectivity index (χ3n) is 4.36. The summed E-state index contributed by atoms with van der Waals surface area (Å²) in [6, 6.07) is 0. The molecule has 2 rings (SSSR count). The Labute approximate surface area is 113 Å². The molecule has 1 aromatic heterocycles. The molecule has 0 spiro atoms. The first-order valence-electron chi connectivity index (χ1n) is 6.72. The SMILES string of the molecule is CCO[C@@H]1C[C@](CO)(NCc2noc(C)n2)C1(C)C. The highest BCUT2D eigenvalue weighted by molar-refractivity contribution is 5.15. The van der Waals surface area contributed by atoms with E-state index in [1.54, 1.807) is 6.92 Å². The van der Waals surface area contributed by atoms with E-state index in [0.717, 1.165) is 6.42 Å². The van der Waals surface area contributed by atoms with Gasteiger partial charge >= 0.3 is 0 Å². The number of aromatic nitrogens is 2. The summed E-state index contributed by atoms with van der Waals surface area (Å²) in [5, 5.41) is 17.0. The average molecular weight is 269 g/mol. The predicted octanol–water partition coefficient (Wildman–Crippen LogP) is 1.03. The molecule has 1 aliphatic carbocycles. The molecule has 0 aromatic carbocycles. The molecule has 19 heavy (non-hydrogen) atoms. The second-order valence-corrected chi connectivity index (χ2v) is 5.69. The number of hydrogen-bond acceptors (Lipinski definition) is 6. The van der Waals surface area contributed by atoms with Crippen molar-refractivity contribution >= 4 is 0 Å². The van der Waals surface area contributed by atoms with Crippen LogP contribution in [-0.2, 0) is 11.3 Å². The highest BCUT2D eigenvalue weighted by atomic mass is 16.5. The molecule has 0 bridgehead atoms. The van der Waals surface area contributed by atoms with Gasteiger partial charge in [-0.15, -0.1) is 0 Å². The quantitative estimate of drug-likeness (QED) is 0.803. The lowest BCUT2D eigenvalue weighted by Gasteiger charge is -2.60. The standard InChI is InChI=1S/C13H23N3O3/c1-5-18-10-6-13(8-17,12(10,3)4)14-7-11-15-9(2)19-16-11/h10,14,17H,5-8H2,1-4H3/t10-,13-/m1/s1. The van der Waals surface area contributed by atoms with Gasteiger partial charge in [0.05, 0.1) is 24.8 Å². The maximum atomic E-state index is 9.76. The third-order valence-corrected chi connectivity index (χ3v) is 4.36. The minimum atomic E-state index is -0.346. The van der Waals surface area contributed by atoms with E-state index in [0.29, 0.717) is 24.9 Å². The van der Waals surface area contributed by atoms with E-state index in [1.165, 1.54) is 0 Å². The summed E-state index contributed by atoms with van der Waals surface area (Å²) >= 11 is 0. The van der Waals surface area contributed by atoms with Crippen LogP contribution in [0.2, 0.25) is 0 Å². The fourth-order valence-electron chi connectivity index (χ4n) is 2.77. The van der Waals surface area contributed by atoms with Crippen molar-refractivity contribution < 1.29 is 14.4 Å². The predicted molar refractivity (Wildman–Crippen MR) is 69.5 cm³/mol. The van der Waals surface area contributed by atoms with Crippen molar-refractivity contribution in [3.63, 3.8) is 0 Å². The summed E-state index contributed by atoms with van der Waals surface area (Å²) < 4.78 is 10.6. The second kappa shape index (κ2) is 5.19. The van der Waals surface area contributed by atoms with Crippen LogP contribution in [0.1, 0.15) is 38.9 Å². The van der Waals surface area contributed by atoms with Crippen LogP contribution in [0.4, 0.5) is 0 Å². The lowest BCUT2D eigenvalue weighted by Crippen LogP contribution is -2.73. The molecule has 2 atom stereocenters. The highest BCUT2D eigenvalue weighted by Gasteiger charge is 2.60. The number of rotatable bonds is 6. The molecule has 1 aliphatic rings. The normalized spacial score (nSPS) is 29.2. The third kappa shape index (κ3) is 2.40. The minimum Gasteiger partial charge on any atom is -0.394 e. The molecule has 0 aliphatic heterocycles. The van der Waals surface area contributed by atoms with E-state index in [1.807, 2.05) is 6.92 Å². The van der Waals surface area contributed by atoms with Gasteiger partial charge in [-0.25, -0.2) is 0 Å². The Hall–Kier alpha value is -0.980. The molecule has 1 saturated carbocycles. The van der Waals surface area contributed by atoms with Crippen molar-refractivity contribution in [2.75, 3.05) is 13.2 Å². The Balaban J connectivity index is 2.00. The number of ether oxygens (including phenoxy) is 1. The molecule has 0 saturated heterocycles. The van der Waals surface area contributed by atoms with Crippen LogP contribution >= 0.6 is 0 Å². The Kier molecular flexibility index (Phi) is 3.94. The molecule has 108 valence electrons. The summed E-state index contributed by atoms with van der Waals surface area (Å²) in [6.07, 6.45) is 0.963. The first kappa shape index (κ1) is 14.4. The molecule has 2 N–H and O–H groups in total. The van der Waals surface area contributed by atoms with E-state index >= 15 is 0 Å². The smallest absolute Gasteiger partial charge is 0.223 e. The number of nitrogens with zero attached hydrogens (tertiary/aromatic N) is 2. The molecule has 1 fully saturated rings. The monoisotopic (exact) mass is 269 g/mol. The molecular formula is C13H23N3O3. The molecule has 6 nitrogen and oxygen atoms in total. The van der Waals surface area contributed by atoms with Gasteiger partial charge in [0.2, 0.25) is 5.89 Å². The minimum absolute atomic E-state index is 0.0698. The molecule has 0 amide bonds. The highest BCUT2D eigenvalue weighted by Crippen LogP contribution is 2.51. The largest absolute Gasteiger partial charge is 0.394 e. The van der Waals surface area contributed by atoms with Gasteiger partial charge < -0.3 is 19.7 Å². The van der Waals surface area contributed by atoms with Gasteiger partial charge in [0.1, 0.15) is 0 Å². The van der Waals surface area contributed by atoms with Gasteiger partial charge in [0.15, 0.2) is 5.82 Å². The van der Waals surface area contributed by atoms with Crippen LogP contribution in [-0.4, -0.2) is 40.1 Å². The summed E-state index contributed by atoms with van der Waals surface area (Å²) in [4.78, 5) is 4.16.